The highest BCUT2D eigenvalue weighted by Crippen LogP contribution is 2.35. The highest BCUT2D eigenvalue weighted by molar-refractivity contribution is 5.78. The Morgan fingerprint density at radius 1 is 1.26 bits per heavy atom. The van der Waals surface area contributed by atoms with Gasteiger partial charge in [0.2, 0.25) is 0 Å². The fraction of sp³-hybridized carbons (Fsp3) is 0.619. The second-order valence-corrected chi connectivity index (χ2v) is 7.66. The number of amides is 2. The summed E-state index contributed by atoms with van der Waals surface area (Å²) in [6.07, 6.45) is 6.61. The lowest BCUT2D eigenvalue weighted by molar-refractivity contribution is -0.145. The minimum atomic E-state index is -0.531. The molecule has 1 heterocycles. The zero-order chi connectivity index (χ0) is 19.3. The van der Waals surface area contributed by atoms with Gasteiger partial charge in [-0.05, 0) is 50.3 Å². The predicted octanol–water partition coefficient (Wildman–Crippen LogP) is 4.33. The van der Waals surface area contributed by atoms with Gasteiger partial charge in [-0.1, -0.05) is 31.4 Å². The molecule has 1 unspecified atom stereocenters. The molecule has 1 saturated carbocycles. The van der Waals surface area contributed by atoms with E-state index in [1.165, 1.54) is 12.1 Å². The van der Waals surface area contributed by atoms with E-state index in [1.54, 1.807) is 17.9 Å². The van der Waals surface area contributed by atoms with Crippen molar-refractivity contribution < 1.29 is 18.7 Å². The normalized spacial score (nSPS) is 21.7. The van der Waals surface area contributed by atoms with Crippen LogP contribution in [0.15, 0.2) is 24.3 Å². The second-order valence-electron chi connectivity index (χ2n) is 7.66. The van der Waals surface area contributed by atoms with Crippen molar-refractivity contribution in [2.24, 2.45) is 0 Å². The number of hydrogen-bond acceptors (Lipinski definition) is 3. The maximum absolute atomic E-state index is 13.6. The first-order valence-electron chi connectivity index (χ1n) is 10.0. The predicted molar refractivity (Wildman–Crippen MR) is 101 cm³/mol. The van der Waals surface area contributed by atoms with Gasteiger partial charge < -0.3 is 15.0 Å². The molecule has 6 heteroatoms. The van der Waals surface area contributed by atoms with E-state index in [2.05, 4.69) is 5.32 Å². The molecule has 1 saturated heterocycles. The van der Waals surface area contributed by atoms with E-state index in [0.29, 0.717) is 13.2 Å². The fourth-order valence-corrected chi connectivity index (χ4v) is 4.43. The van der Waals surface area contributed by atoms with Gasteiger partial charge in [-0.15, -0.1) is 0 Å². The van der Waals surface area contributed by atoms with Crippen LogP contribution in [-0.2, 0) is 9.53 Å². The first kappa shape index (κ1) is 19.6. The van der Waals surface area contributed by atoms with Crippen LogP contribution in [-0.4, -0.2) is 35.6 Å². The van der Waals surface area contributed by atoms with Gasteiger partial charge >= 0.3 is 12.0 Å². The summed E-state index contributed by atoms with van der Waals surface area (Å²) >= 11 is 0. The summed E-state index contributed by atoms with van der Waals surface area (Å²) in [5, 5.41) is 3.17. The van der Waals surface area contributed by atoms with Crippen molar-refractivity contribution in [2.75, 3.05) is 13.2 Å². The first-order valence-corrected chi connectivity index (χ1v) is 10.0. The summed E-state index contributed by atoms with van der Waals surface area (Å²) in [5.41, 5.74) is 0.294. The molecular weight excluding hydrogens is 347 g/mol. The molecule has 2 amide bonds. The third-order valence-corrected chi connectivity index (χ3v) is 5.72. The van der Waals surface area contributed by atoms with E-state index < -0.39 is 5.54 Å². The molecule has 1 aliphatic heterocycles. The molecule has 5 nitrogen and oxygen atoms in total. The third kappa shape index (κ3) is 4.79. The smallest absolute Gasteiger partial charge is 0.318 e. The Hall–Kier alpha value is -2.11. The van der Waals surface area contributed by atoms with Crippen LogP contribution in [0.4, 0.5) is 9.18 Å². The van der Waals surface area contributed by atoms with E-state index in [-0.39, 0.29) is 30.3 Å². The Kier molecular flexibility index (Phi) is 6.34. The molecule has 27 heavy (non-hydrogen) atoms. The quantitative estimate of drug-likeness (QED) is 0.778. The maximum atomic E-state index is 13.6. The lowest BCUT2D eigenvalue weighted by Crippen LogP contribution is -2.55. The van der Waals surface area contributed by atoms with Gasteiger partial charge in [-0.2, -0.15) is 0 Å². The number of nitrogens with zero attached hydrogens (tertiary/aromatic N) is 1. The Bertz CT molecular complexity index is 673. The number of hydrogen-bond donors (Lipinski definition) is 1. The van der Waals surface area contributed by atoms with E-state index >= 15 is 0 Å². The number of halogens is 1. The van der Waals surface area contributed by atoms with Crippen molar-refractivity contribution in [3.8, 4) is 0 Å². The zero-order valence-corrected chi connectivity index (χ0v) is 16.0. The molecule has 1 aromatic rings. The molecule has 0 aromatic heterocycles. The number of nitrogens with one attached hydrogen (secondary N) is 1. The molecule has 1 aliphatic carbocycles. The van der Waals surface area contributed by atoms with Crippen molar-refractivity contribution in [3.63, 3.8) is 0 Å². The molecule has 2 aliphatic rings. The average molecular weight is 376 g/mol. The van der Waals surface area contributed by atoms with Gasteiger partial charge in [0.05, 0.1) is 24.6 Å². The minimum absolute atomic E-state index is 0.121. The minimum Gasteiger partial charge on any atom is -0.466 e. The highest BCUT2D eigenvalue weighted by atomic mass is 19.1. The monoisotopic (exact) mass is 376 g/mol. The Morgan fingerprint density at radius 3 is 2.74 bits per heavy atom. The zero-order valence-electron chi connectivity index (χ0n) is 16.0. The van der Waals surface area contributed by atoms with Crippen LogP contribution in [0.1, 0.15) is 69.9 Å². The molecule has 0 radical (unpaired) electrons. The summed E-state index contributed by atoms with van der Waals surface area (Å²) in [4.78, 5) is 27.0. The van der Waals surface area contributed by atoms with Crippen LogP contribution >= 0.6 is 0 Å². The maximum Gasteiger partial charge on any atom is 0.318 e. The number of benzene rings is 1. The van der Waals surface area contributed by atoms with E-state index in [0.717, 1.165) is 50.5 Å². The highest BCUT2D eigenvalue weighted by Gasteiger charge is 2.39. The van der Waals surface area contributed by atoms with E-state index in [4.69, 9.17) is 4.74 Å². The molecule has 1 aromatic carbocycles. The standard InChI is InChI=1S/C21H29FN2O3/c1-2-27-19(25)15-21(11-4-3-5-12-21)23-20(26)24-13-7-10-18(24)16-8-6-9-17(22)14-16/h6,8-9,14,18H,2-5,7,10-13,15H2,1H3,(H,23,26). The fourth-order valence-electron chi connectivity index (χ4n) is 4.43. The molecule has 1 N–H and O–H groups in total. The van der Waals surface area contributed by atoms with Gasteiger partial charge in [0.25, 0.3) is 0 Å². The number of likely N-dealkylation sites (tertiary alicyclic amines) is 1. The number of rotatable bonds is 5. The number of carbonyl (C=O) groups excluding carboxylic acids is 2. The average Bonchev–Trinajstić information content (AvgIpc) is 3.12. The number of urea groups is 1. The molecule has 1 atom stereocenters. The molecule has 0 spiro atoms. The Balaban J connectivity index is 1.73. The largest absolute Gasteiger partial charge is 0.466 e. The summed E-state index contributed by atoms with van der Waals surface area (Å²) in [7, 11) is 0. The van der Waals surface area contributed by atoms with Gasteiger partial charge in [0.15, 0.2) is 0 Å². The SMILES string of the molecule is CCOC(=O)CC1(NC(=O)N2CCCC2c2cccc(F)c2)CCCCC1. The Morgan fingerprint density at radius 2 is 2.04 bits per heavy atom. The lowest BCUT2D eigenvalue weighted by Gasteiger charge is -2.39. The molecule has 0 bridgehead atoms. The van der Waals surface area contributed by atoms with Crippen molar-refractivity contribution in [3.05, 3.63) is 35.6 Å². The molecule has 2 fully saturated rings. The molecular formula is C21H29FN2O3. The van der Waals surface area contributed by atoms with Crippen LogP contribution < -0.4 is 5.32 Å². The van der Waals surface area contributed by atoms with Gasteiger partial charge in [0.1, 0.15) is 5.82 Å². The number of carbonyl (C=O) groups is 2. The number of ether oxygens (including phenoxy) is 1. The number of esters is 1. The van der Waals surface area contributed by atoms with Crippen molar-refractivity contribution >= 4 is 12.0 Å². The van der Waals surface area contributed by atoms with E-state index in [1.807, 2.05) is 6.07 Å². The summed E-state index contributed by atoms with van der Waals surface area (Å²) in [6.45, 7) is 2.77. The Labute approximate surface area is 160 Å². The summed E-state index contributed by atoms with van der Waals surface area (Å²) in [6, 6.07) is 6.19. The van der Waals surface area contributed by atoms with E-state index in [9.17, 15) is 14.0 Å². The van der Waals surface area contributed by atoms with Crippen molar-refractivity contribution in [1.82, 2.24) is 10.2 Å². The topological polar surface area (TPSA) is 58.6 Å². The van der Waals surface area contributed by atoms with Crippen LogP contribution in [0.25, 0.3) is 0 Å². The van der Waals surface area contributed by atoms with Crippen LogP contribution in [0, 0.1) is 5.82 Å². The molecule has 148 valence electrons. The lowest BCUT2D eigenvalue weighted by atomic mass is 9.79. The van der Waals surface area contributed by atoms with Gasteiger partial charge in [-0.25, -0.2) is 9.18 Å². The molecule has 3 rings (SSSR count). The third-order valence-electron chi connectivity index (χ3n) is 5.72. The first-order chi connectivity index (χ1) is 13.0. The van der Waals surface area contributed by atoms with Gasteiger partial charge in [0, 0.05) is 6.54 Å². The van der Waals surface area contributed by atoms with Gasteiger partial charge in [-0.3, -0.25) is 4.79 Å². The summed E-state index contributed by atoms with van der Waals surface area (Å²) < 4.78 is 18.8. The second kappa shape index (κ2) is 8.72. The van der Waals surface area contributed by atoms with Crippen LogP contribution in [0.3, 0.4) is 0 Å². The summed E-state index contributed by atoms with van der Waals surface area (Å²) in [5.74, 6) is -0.548. The van der Waals surface area contributed by atoms with Crippen molar-refractivity contribution in [1.29, 1.82) is 0 Å². The van der Waals surface area contributed by atoms with Crippen LogP contribution in [0.2, 0.25) is 0 Å². The van der Waals surface area contributed by atoms with Crippen LogP contribution in [0.5, 0.6) is 0 Å². The van der Waals surface area contributed by atoms with Crippen molar-refractivity contribution in [2.45, 2.75) is 69.9 Å².